The van der Waals surface area contributed by atoms with E-state index in [9.17, 15) is 5.11 Å². The van der Waals surface area contributed by atoms with Gasteiger partial charge in [0.2, 0.25) is 11.8 Å². The van der Waals surface area contributed by atoms with Gasteiger partial charge in [0.25, 0.3) is 0 Å². The molecule has 0 amide bonds. The second kappa shape index (κ2) is 8.84. The minimum atomic E-state index is 0.291. The Morgan fingerprint density at radius 3 is 2.50 bits per heavy atom. The second-order valence-electron chi connectivity index (χ2n) is 8.01. The summed E-state index contributed by atoms with van der Waals surface area (Å²) in [4.78, 5) is 11.1. The number of nitrogens with one attached hydrogen (secondary N) is 1. The van der Waals surface area contributed by atoms with Gasteiger partial charge in [-0.2, -0.15) is 0 Å². The van der Waals surface area contributed by atoms with E-state index in [1.807, 2.05) is 40.9 Å². The van der Waals surface area contributed by atoms with E-state index in [0.717, 1.165) is 48.4 Å². The van der Waals surface area contributed by atoms with Gasteiger partial charge in [-0.3, -0.25) is 0 Å². The van der Waals surface area contributed by atoms with E-state index in [-0.39, 0.29) is 0 Å². The van der Waals surface area contributed by atoms with E-state index >= 15 is 0 Å². The fraction of sp³-hybridized carbons (Fsp3) is 0.292. The van der Waals surface area contributed by atoms with Gasteiger partial charge in [0.05, 0.1) is 24.5 Å². The lowest BCUT2D eigenvalue weighted by Gasteiger charge is -2.32. The Labute approximate surface area is 186 Å². The number of nitrogens with zero attached hydrogens (tertiary/aromatic N) is 5. The average molecular weight is 431 g/mol. The quantitative estimate of drug-likeness (QED) is 0.482. The zero-order valence-electron chi connectivity index (χ0n) is 18.0. The number of benzene rings is 1. The highest BCUT2D eigenvalue weighted by Gasteiger charge is 2.18. The van der Waals surface area contributed by atoms with Gasteiger partial charge in [0.15, 0.2) is 0 Å². The molecule has 4 heterocycles. The van der Waals surface area contributed by atoms with Crippen LogP contribution in [-0.2, 0) is 0 Å². The number of piperidine rings is 1. The van der Waals surface area contributed by atoms with Gasteiger partial charge in [-0.1, -0.05) is 0 Å². The molecule has 0 spiro atoms. The lowest BCUT2D eigenvalue weighted by Crippen LogP contribution is -2.34. The summed E-state index contributed by atoms with van der Waals surface area (Å²) in [5.41, 5.74) is 4.91. The summed E-state index contributed by atoms with van der Waals surface area (Å²) < 4.78 is 7.01. The van der Waals surface area contributed by atoms with Crippen LogP contribution in [0.15, 0.2) is 60.9 Å². The van der Waals surface area contributed by atoms with Crippen LogP contribution in [0.4, 0.5) is 17.3 Å². The molecule has 3 aromatic heterocycles. The third kappa shape index (κ3) is 4.09. The lowest BCUT2D eigenvalue weighted by atomic mass is 9.97. The van der Waals surface area contributed by atoms with Crippen molar-refractivity contribution in [2.45, 2.75) is 12.8 Å². The number of aliphatic hydroxyl groups is 1. The minimum Gasteiger partial charge on any atom is -0.481 e. The van der Waals surface area contributed by atoms with Gasteiger partial charge >= 0.3 is 0 Å². The van der Waals surface area contributed by atoms with Crippen LogP contribution in [0.1, 0.15) is 12.8 Å². The molecule has 1 saturated heterocycles. The molecule has 0 saturated carbocycles. The molecule has 0 bridgehead atoms. The Kier molecular flexibility index (Phi) is 5.60. The fourth-order valence-electron chi connectivity index (χ4n) is 4.09. The molecule has 4 aromatic rings. The van der Waals surface area contributed by atoms with Crippen molar-refractivity contribution in [3.05, 3.63) is 60.9 Å². The van der Waals surface area contributed by atoms with Crippen LogP contribution in [0, 0.1) is 5.92 Å². The molecule has 0 aliphatic carbocycles. The first-order valence-electron chi connectivity index (χ1n) is 10.8. The van der Waals surface area contributed by atoms with Crippen molar-refractivity contribution >= 4 is 22.8 Å². The van der Waals surface area contributed by atoms with E-state index in [4.69, 9.17) is 4.74 Å². The summed E-state index contributed by atoms with van der Waals surface area (Å²) >= 11 is 0. The largest absolute Gasteiger partial charge is 0.481 e. The molecular weight excluding hydrogens is 404 g/mol. The average Bonchev–Trinajstić information content (AvgIpc) is 3.28. The van der Waals surface area contributed by atoms with Gasteiger partial charge in [0, 0.05) is 48.9 Å². The molecule has 1 aliphatic rings. The molecule has 5 rings (SSSR count). The summed E-state index contributed by atoms with van der Waals surface area (Å²) in [6.07, 6.45) is 5.65. The predicted molar refractivity (Wildman–Crippen MR) is 125 cm³/mol. The van der Waals surface area contributed by atoms with Gasteiger partial charge < -0.3 is 20.1 Å². The number of aliphatic hydroxyl groups excluding tert-OH is 1. The van der Waals surface area contributed by atoms with Crippen LogP contribution < -0.4 is 15.0 Å². The molecule has 164 valence electrons. The third-order valence-corrected chi connectivity index (χ3v) is 6.00. The van der Waals surface area contributed by atoms with Crippen LogP contribution in [0.25, 0.3) is 16.8 Å². The van der Waals surface area contributed by atoms with Crippen LogP contribution in [0.3, 0.4) is 0 Å². The van der Waals surface area contributed by atoms with E-state index in [1.54, 1.807) is 19.5 Å². The first kappa shape index (κ1) is 20.3. The second-order valence-corrected chi connectivity index (χ2v) is 8.01. The number of rotatable bonds is 6. The van der Waals surface area contributed by atoms with E-state index in [0.29, 0.717) is 24.4 Å². The molecule has 0 unspecified atom stereocenters. The summed E-state index contributed by atoms with van der Waals surface area (Å²) in [7, 11) is 1.60. The number of aromatic nitrogens is 4. The van der Waals surface area contributed by atoms with Crippen LogP contribution in [-0.4, -0.2) is 51.5 Å². The van der Waals surface area contributed by atoms with Crippen LogP contribution in [0.2, 0.25) is 0 Å². The fourth-order valence-corrected chi connectivity index (χ4v) is 4.09. The first-order chi connectivity index (χ1) is 15.7. The molecule has 32 heavy (non-hydrogen) atoms. The maximum Gasteiger partial charge on any atom is 0.245 e. The number of fused-ring (bicyclic) bond motifs is 1. The van der Waals surface area contributed by atoms with Crippen molar-refractivity contribution in [2.24, 2.45) is 5.92 Å². The molecule has 1 fully saturated rings. The molecular formula is C24H26N6O2. The van der Waals surface area contributed by atoms with E-state index < -0.39 is 0 Å². The molecule has 2 N–H and O–H groups in total. The maximum atomic E-state index is 9.33. The Morgan fingerprint density at radius 1 is 1.00 bits per heavy atom. The summed E-state index contributed by atoms with van der Waals surface area (Å²) in [5, 5.41) is 17.3. The van der Waals surface area contributed by atoms with Crippen molar-refractivity contribution in [2.75, 3.05) is 37.0 Å². The number of methoxy groups -OCH3 is 1. The topological polar surface area (TPSA) is 87.8 Å². The summed E-state index contributed by atoms with van der Waals surface area (Å²) in [5.74, 6) is 1.53. The SMILES string of the molecule is COc1ccc(-c2ccc3cnc(Nc4ccc(N5CCC(CO)CC5)cc4)nn23)cn1. The highest BCUT2D eigenvalue weighted by molar-refractivity contribution is 5.67. The van der Waals surface area contributed by atoms with E-state index in [2.05, 4.69) is 37.4 Å². The summed E-state index contributed by atoms with van der Waals surface area (Å²) in [6.45, 7) is 2.25. The van der Waals surface area contributed by atoms with Crippen molar-refractivity contribution in [3.63, 3.8) is 0 Å². The Balaban J connectivity index is 1.33. The van der Waals surface area contributed by atoms with Crippen LogP contribution in [0.5, 0.6) is 5.88 Å². The molecule has 0 atom stereocenters. The van der Waals surface area contributed by atoms with Crippen molar-refractivity contribution in [1.82, 2.24) is 19.6 Å². The predicted octanol–water partition coefficient (Wildman–Crippen LogP) is 3.75. The zero-order valence-corrected chi connectivity index (χ0v) is 18.0. The number of anilines is 3. The molecule has 8 heteroatoms. The first-order valence-corrected chi connectivity index (χ1v) is 10.8. The Bertz CT molecular complexity index is 1180. The molecule has 8 nitrogen and oxygen atoms in total. The van der Waals surface area contributed by atoms with E-state index in [1.165, 1.54) is 5.69 Å². The molecule has 0 radical (unpaired) electrons. The highest BCUT2D eigenvalue weighted by atomic mass is 16.5. The highest BCUT2D eigenvalue weighted by Crippen LogP contribution is 2.26. The molecule has 1 aliphatic heterocycles. The van der Waals surface area contributed by atoms with Crippen molar-refractivity contribution in [3.8, 4) is 17.1 Å². The standard InChI is InChI=1S/C24H26N6O2/c1-32-23-9-2-18(14-25-23)22-8-7-21-15-26-24(28-30(21)22)27-19-3-5-20(6-4-19)29-12-10-17(16-31)11-13-29/h2-9,14-15,17,31H,10-13,16H2,1H3,(H,27,28). The number of hydrogen-bond acceptors (Lipinski definition) is 7. The Hall–Kier alpha value is -3.65. The van der Waals surface area contributed by atoms with Gasteiger partial charge in [-0.25, -0.2) is 14.5 Å². The number of ether oxygens (including phenoxy) is 1. The normalized spacial score (nSPS) is 14.6. The van der Waals surface area contributed by atoms with Gasteiger partial charge in [-0.15, -0.1) is 5.10 Å². The lowest BCUT2D eigenvalue weighted by molar-refractivity contribution is 0.203. The zero-order chi connectivity index (χ0) is 21.9. The van der Waals surface area contributed by atoms with Crippen molar-refractivity contribution < 1.29 is 9.84 Å². The smallest absolute Gasteiger partial charge is 0.245 e. The molecule has 1 aromatic carbocycles. The van der Waals surface area contributed by atoms with Crippen LogP contribution >= 0.6 is 0 Å². The number of hydrogen-bond donors (Lipinski definition) is 2. The third-order valence-electron chi connectivity index (χ3n) is 6.00. The van der Waals surface area contributed by atoms with Gasteiger partial charge in [0.1, 0.15) is 0 Å². The Morgan fingerprint density at radius 2 is 1.81 bits per heavy atom. The minimum absolute atomic E-state index is 0.291. The van der Waals surface area contributed by atoms with Gasteiger partial charge in [-0.05, 0) is 61.2 Å². The monoisotopic (exact) mass is 430 g/mol. The summed E-state index contributed by atoms with van der Waals surface area (Å²) in [6, 6.07) is 16.1. The number of pyridine rings is 1. The maximum absolute atomic E-state index is 9.33. The van der Waals surface area contributed by atoms with Crippen molar-refractivity contribution in [1.29, 1.82) is 0 Å².